The number of phenols is 1. The van der Waals surface area contributed by atoms with E-state index in [1.807, 2.05) is 26.0 Å². The molecule has 1 aromatic rings. The van der Waals surface area contributed by atoms with Crippen molar-refractivity contribution in [1.29, 1.82) is 0 Å². The largest absolute Gasteiger partial charge is 0.507 e. The topological polar surface area (TPSA) is 20.2 Å². The highest BCUT2D eigenvalue weighted by atomic mass is 16.3. The third-order valence-corrected chi connectivity index (χ3v) is 2.11. The third-order valence-electron chi connectivity index (χ3n) is 2.11. The summed E-state index contributed by atoms with van der Waals surface area (Å²) in [5.41, 5.74) is 2.12. The Morgan fingerprint density at radius 2 is 1.73 bits per heavy atom. The van der Waals surface area contributed by atoms with Crippen molar-refractivity contribution in [3.8, 4) is 5.75 Å². The molecule has 1 nitrogen and oxygen atoms in total. The molecular formula is C14H22O. The minimum atomic E-state index is 0.117. The van der Waals surface area contributed by atoms with Crippen LogP contribution in [0, 0.1) is 0 Å². The van der Waals surface area contributed by atoms with Crippen LogP contribution in [0.3, 0.4) is 0 Å². The number of hydrogen-bond acceptors (Lipinski definition) is 1. The van der Waals surface area contributed by atoms with E-state index in [1.165, 1.54) is 5.56 Å². The second-order valence-electron chi connectivity index (χ2n) is 4.23. The Labute approximate surface area is 93.5 Å². The van der Waals surface area contributed by atoms with Gasteiger partial charge in [0.1, 0.15) is 5.75 Å². The van der Waals surface area contributed by atoms with Crippen molar-refractivity contribution in [2.24, 2.45) is 0 Å². The summed E-state index contributed by atoms with van der Waals surface area (Å²) in [6, 6.07) is 5.64. The van der Waals surface area contributed by atoms with Crippen molar-refractivity contribution >= 4 is 6.08 Å². The van der Waals surface area contributed by atoms with Gasteiger partial charge in [-0.05, 0) is 23.1 Å². The Balaban J connectivity index is 0.000000921. The lowest BCUT2D eigenvalue weighted by Crippen LogP contribution is -2.10. The van der Waals surface area contributed by atoms with E-state index in [9.17, 15) is 5.11 Å². The molecule has 1 rings (SSSR count). The van der Waals surface area contributed by atoms with Gasteiger partial charge >= 0.3 is 0 Å². The van der Waals surface area contributed by atoms with Gasteiger partial charge in [0.25, 0.3) is 0 Å². The van der Waals surface area contributed by atoms with Crippen LogP contribution in [-0.4, -0.2) is 5.11 Å². The van der Waals surface area contributed by atoms with Gasteiger partial charge in [-0.2, -0.15) is 0 Å². The zero-order chi connectivity index (χ0) is 12.1. The SMILES string of the molecule is C=Cc1cc(C(C)(C)C)ccc1O.CC. The Bertz CT molecular complexity index is 319. The van der Waals surface area contributed by atoms with Crippen molar-refractivity contribution in [3.63, 3.8) is 0 Å². The maximum Gasteiger partial charge on any atom is 0.122 e. The first kappa shape index (κ1) is 13.8. The van der Waals surface area contributed by atoms with Crippen LogP contribution in [0.15, 0.2) is 24.8 Å². The van der Waals surface area contributed by atoms with E-state index in [1.54, 1.807) is 12.1 Å². The van der Waals surface area contributed by atoms with Gasteiger partial charge in [0.05, 0.1) is 0 Å². The van der Waals surface area contributed by atoms with Gasteiger partial charge in [0, 0.05) is 5.56 Å². The lowest BCUT2D eigenvalue weighted by molar-refractivity contribution is 0.472. The van der Waals surface area contributed by atoms with E-state index in [4.69, 9.17) is 0 Å². The summed E-state index contributed by atoms with van der Waals surface area (Å²) in [6.07, 6.45) is 1.67. The summed E-state index contributed by atoms with van der Waals surface area (Å²) >= 11 is 0. The molecule has 0 aromatic heterocycles. The Morgan fingerprint density at radius 3 is 2.13 bits per heavy atom. The van der Waals surface area contributed by atoms with Gasteiger partial charge in [-0.1, -0.05) is 53.3 Å². The Kier molecular flexibility index (Phi) is 5.13. The first-order valence-electron chi connectivity index (χ1n) is 5.41. The number of rotatable bonds is 1. The van der Waals surface area contributed by atoms with Gasteiger partial charge in [-0.25, -0.2) is 0 Å². The van der Waals surface area contributed by atoms with Gasteiger partial charge in [-0.15, -0.1) is 0 Å². The van der Waals surface area contributed by atoms with Crippen LogP contribution in [0.4, 0.5) is 0 Å². The average Bonchev–Trinajstić information content (AvgIpc) is 2.20. The van der Waals surface area contributed by atoms with Gasteiger partial charge in [-0.3, -0.25) is 0 Å². The number of benzene rings is 1. The molecule has 0 amide bonds. The van der Waals surface area contributed by atoms with Gasteiger partial charge in [0.2, 0.25) is 0 Å². The molecular weight excluding hydrogens is 184 g/mol. The molecule has 0 saturated carbocycles. The second-order valence-corrected chi connectivity index (χ2v) is 4.23. The van der Waals surface area contributed by atoms with Gasteiger partial charge in [0.15, 0.2) is 0 Å². The lowest BCUT2D eigenvalue weighted by atomic mass is 9.86. The van der Waals surface area contributed by atoms with Gasteiger partial charge < -0.3 is 5.11 Å². The molecule has 0 bridgehead atoms. The normalized spacial score (nSPS) is 10.2. The van der Waals surface area contributed by atoms with Crippen molar-refractivity contribution in [1.82, 2.24) is 0 Å². The smallest absolute Gasteiger partial charge is 0.122 e. The Hall–Kier alpha value is -1.24. The molecule has 1 N–H and O–H groups in total. The standard InChI is InChI=1S/C12H16O.C2H6/c1-5-9-8-10(12(2,3)4)6-7-11(9)13;1-2/h5-8,13H,1H2,2-4H3;1-2H3. The minimum absolute atomic E-state index is 0.117. The van der Waals surface area contributed by atoms with E-state index in [-0.39, 0.29) is 5.41 Å². The highest BCUT2D eigenvalue weighted by Crippen LogP contribution is 2.27. The number of hydrogen-bond donors (Lipinski definition) is 1. The summed E-state index contributed by atoms with van der Waals surface area (Å²) in [4.78, 5) is 0. The molecule has 0 radical (unpaired) electrons. The van der Waals surface area contributed by atoms with E-state index >= 15 is 0 Å². The van der Waals surface area contributed by atoms with Crippen LogP contribution < -0.4 is 0 Å². The lowest BCUT2D eigenvalue weighted by Gasteiger charge is -2.19. The van der Waals surface area contributed by atoms with Crippen LogP contribution >= 0.6 is 0 Å². The quantitative estimate of drug-likeness (QED) is 0.724. The molecule has 84 valence electrons. The van der Waals surface area contributed by atoms with Crippen LogP contribution in [-0.2, 0) is 5.41 Å². The molecule has 0 heterocycles. The molecule has 0 aliphatic rings. The molecule has 0 fully saturated rings. The Morgan fingerprint density at radius 1 is 1.20 bits per heavy atom. The molecule has 0 aliphatic carbocycles. The predicted octanol–water partition coefficient (Wildman–Crippen LogP) is 4.36. The van der Waals surface area contributed by atoms with Crippen molar-refractivity contribution in [2.45, 2.75) is 40.0 Å². The molecule has 0 aliphatic heterocycles. The number of aromatic hydroxyl groups is 1. The van der Waals surface area contributed by atoms with Crippen molar-refractivity contribution in [2.75, 3.05) is 0 Å². The summed E-state index contributed by atoms with van der Waals surface area (Å²) in [7, 11) is 0. The molecule has 0 unspecified atom stereocenters. The monoisotopic (exact) mass is 206 g/mol. The maximum absolute atomic E-state index is 9.43. The number of phenolic OH excluding ortho intramolecular Hbond substituents is 1. The summed E-state index contributed by atoms with van der Waals surface area (Å²) in [5.74, 6) is 0.294. The van der Waals surface area contributed by atoms with Crippen LogP contribution in [0.1, 0.15) is 45.7 Å². The third kappa shape index (κ3) is 3.78. The van der Waals surface area contributed by atoms with E-state index in [0.29, 0.717) is 5.75 Å². The first-order valence-corrected chi connectivity index (χ1v) is 5.41. The van der Waals surface area contributed by atoms with Crippen LogP contribution in [0.2, 0.25) is 0 Å². The van der Waals surface area contributed by atoms with E-state index in [2.05, 4.69) is 27.4 Å². The molecule has 0 spiro atoms. The highest BCUT2D eigenvalue weighted by molar-refractivity contribution is 5.56. The summed E-state index contributed by atoms with van der Waals surface area (Å²) in [5, 5.41) is 9.43. The van der Waals surface area contributed by atoms with E-state index < -0.39 is 0 Å². The summed E-state index contributed by atoms with van der Waals surface area (Å²) < 4.78 is 0. The fraction of sp³-hybridized carbons (Fsp3) is 0.429. The molecule has 15 heavy (non-hydrogen) atoms. The first-order chi connectivity index (χ1) is 6.95. The fourth-order valence-corrected chi connectivity index (χ4v) is 1.18. The van der Waals surface area contributed by atoms with Crippen LogP contribution in [0.25, 0.3) is 6.08 Å². The maximum atomic E-state index is 9.43. The average molecular weight is 206 g/mol. The summed E-state index contributed by atoms with van der Waals surface area (Å²) in [6.45, 7) is 14.1. The molecule has 0 atom stereocenters. The van der Waals surface area contributed by atoms with Crippen molar-refractivity contribution in [3.05, 3.63) is 35.9 Å². The zero-order valence-corrected chi connectivity index (χ0v) is 10.5. The fourth-order valence-electron chi connectivity index (χ4n) is 1.18. The molecule has 0 saturated heterocycles. The molecule has 1 aromatic carbocycles. The van der Waals surface area contributed by atoms with Crippen molar-refractivity contribution < 1.29 is 5.11 Å². The van der Waals surface area contributed by atoms with Crippen LogP contribution in [0.5, 0.6) is 5.75 Å². The highest BCUT2D eigenvalue weighted by Gasteiger charge is 2.14. The minimum Gasteiger partial charge on any atom is -0.507 e. The zero-order valence-electron chi connectivity index (χ0n) is 10.5. The second kappa shape index (κ2) is 5.59. The van der Waals surface area contributed by atoms with E-state index in [0.717, 1.165) is 5.56 Å². The predicted molar refractivity (Wildman–Crippen MR) is 68.2 cm³/mol. The molecule has 1 heteroatoms.